The zero-order chi connectivity index (χ0) is 15.4. The van der Waals surface area contributed by atoms with Gasteiger partial charge in [0, 0.05) is 17.8 Å². The van der Waals surface area contributed by atoms with E-state index < -0.39 is 0 Å². The third-order valence-corrected chi connectivity index (χ3v) is 4.75. The first-order valence-corrected chi connectivity index (χ1v) is 8.06. The Morgan fingerprint density at radius 2 is 1.67 bits per heavy atom. The van der Waals surface area contributed by atoms with Gasteiger partial charge in [0.05, 0.1) is 14.2 Å². The highest BCUT2D eigenvalue weighted by molar-refractivity contribution is 5.60. The lowest BCUT2D eigenvalue weighted by atomic mass is 9.77. The maximum Gasteiger partial charge on any atom is 0.162 e. The zero-order valence-corrected chi connectivity index (χ0v) is 14.0. The lowest BCUT2D eigenvalue weighted by Crippen LogP contribution is -2.35. The van der Waals surface area contributed by atoms with Gasteiger partial charge in [0.1, 0.15) is 0 Å². The molecule has 1 aromatic rings. The molecule has 1 aliphatic rings. The van der Waals surface area contributed by atoms with Crippen LogP contribution in [0.5, 0.6) is 11.5 Å². The van der Waals surface area contributed by atoms with Gasteiger partial charge >= 0.3 is 0 Å². The number of ether oxygens (including phenoxy) is 2. The molecule has 2 unspecified atom stereocenters. The molecule has 0 bridgehead atoms. The van der Waals surface area contributed by atoms with Crippen molar-refractivity contribution in [3.8, 4) is 11.5 Å². The largest absolute Gasteiger partial charge is 0.493 e. The second-order valence-corrected chi connectivity index (χ2v) is 6.47. The molecule has 118 valence electrons. The number of anilines is 1. The molecule has 0 heterocycles. The molecule has 3 heteroatoms. The van der Waals surface area contributed by atoms with Crippen LogP contribution in [-0.4, -0.2) is 20.3 Å². The molecule has 1 N–H and O–H groups in total. The fraction of sp³-hybridized carbons (Fsp3) is 0.667. The molecule has 1 saturated carbocycles. The van der Waals surface area contributed by atoms with Crippen LogP contribution in [0, 0.1) is 18.8 Å². The maximum absolute atomic E-state index is 5.43. The van der Waals surface area contributed by atoms with Crippen LogP contribution in [-0.2, 0) is 0 Å². The molecule has 0 amide bonds. The summed E-state index contributed by atoms with van der Waals surface area (Å²) in [4.78, 5) is 0. The smallest absolute Gasteiger partial charge is 0.162 e. The first kappa shape index (κ1) is 16.0. The van der Waals surface area contributed by atoms with Gasteiger partial charge in [-0.1, -0.05) is 26.7 Å². The summed E-state index contributed by atoms with van der Waals surface area (Å²) in [5.41, 5.74) is 2.38. The number of aryl methyl sites for hydroxylation is 1. The number of benzene rings is 1. The Kier molecular flexibility index (Phi) is 5.38. The van der Waals surface area contributed by atoms with Crippen molar-refractivity contribution < 1.29 is 9.47 Å². The van der Waals surface area contributed by atoms with Crippen molar-refractivity contribution in [1.82, 2.24) is 0 Å². The molecule has 21 heavy (non-hydrogen) atoms. The van der Waals surface area contributed by atoms with Crippen LogP contribution in [0.2, 0.25) is 0 Å². The van der Waals surface area contributed by atoms with Gasteiger partial charge in [-0.05, 0) is 43.2 Å². The quantitative estimate of drug-likeness (QED) is 0.857. The molecule has 1 fully saturated rings. The highest BCUT2D eigenvalue weighted by Gasteiger charge is 2.27. The monoisotopic (exact) mass is 291 g/mol. The van der Waals surface area contributed by atoms with Gasteiger partial charge in [0.2, 0.25) is 0 Å². The van der Waals surface area contributed by atoms with Crippen LogP contribution in [0.3, 0.4) is 0 Å². The molecular weight excluding hydrogens is 262 g/mol. The number of methoxy groups -OCH3 is 2. The zero-order valence-electron chi connectivity index (χ0n) is 14.0. The molecule has 0 aliphatic heterocycles. The molecule has 0 spiro atoms. The van der Waals surface area contributed by atoms with E-state index in [9.17, 15) is 0 Å². The predicted molar refractivity (Wildman–Crippen MR) is 88.5 cm³/mol. The van der Waals surface area contributed by atoms with Gasteiger partial charge in [-0.15, -0.1) is 0 Å². The Hall–Kier alpha value is -1.38. The topological polar surface area (TPSA) is 30.5 Å². The van der Waals surface area contributed by atoms with E-state index in [1.165, 1.54) is 36.9 Å². The highest BCUT2D eigenvalue weighted by atomic mass is 16.5. The van der Waals surface area contributed by atoms with Gasteiger partial charge < -0.3 is 14.8 Å². The molecule has 0 aromatic heterocycles. The highest BCUT2D eigenvalue weighted by Crippen LogP contribution is 2.36. The molecule has 1 aliphatic carbocycles. The van der Waals surface area contributed by atoms with E-state index in [-0.39, 0.29) is 0 Å². The first-order chi connectivity index (χ1) is 10.1. The van der Waals surface area contributed by atoms with Crippen LogP contribution in [0.15, 0.2) is 12.1 Å². The van der Waals surface area contributed by atoms with Crippen LogP contribution in [0.4, 0.5) is 5.69 Å². The standard InChI is InChI=1S/C18H29NO2/c1-12(2)14-8-6-7-9-15(14)19-16-11-18(21-5)17(20-4)10-13(16)3/h10-12,14-15,19H,6-9H2,1-5H3. The van der Waals surface area contributed by atoms with Crippen molar-refractivity contribution in [2.45, 2.75) is 52.5 Å². The Morgan fingerprint density at radius 3 is 2.29 bits per heavy atom. The van der Waals surface area contributed by atoms with Crippen molar-refractivity contribution in [3.05, 3.63) is 17.7 Å². The van der Waals surface area contributed by atoms with Gasteiger partial charge in [-0.3, -0.25) is 0 Å². The molecule has 1 aromatic carbocycles. The van der Waals surface area contributed by atoms with Crippen molar-refractivity contribution in [2.24, 2.45) is 11.8 Å². The van der Waals surface area contributed by atoms with E-state index in [0.717, 1.165) is 23.3 Å². The fourth-order valence-corrected chi connectivity index (χ4v) is 3.47. The maximum atomic E-state index is 5.43. The molecule has 0 saturated heterocycles. The van der Waals surface area contributed by atoms with Crippen molar-refractivity contribution in [1.29, 1.82) is 0 Å². The van der Waals surface area contributed by atoms with Crippen molar-refractivity contribution >= 4 is 5.69 Å². The van der Waals surface area contributed by atoms with Crippen molar-refractivity contribution in [3.63, 3.8) is 0 Å². The minimum atomic E-state index is 0.565. The van der Waals surface area contributed by atoms with Gasteiger partial charge in [0.25, 0.3) is 0 Å². The Balaban J connectivity index is 2.21. The summed E-state index contributed by atoms with van der Waals surface area (Å²) in [6.45, 7) is 6.80. The number of nitrogens with one attached hydrogen (secondary N) is 1. The van der Waals surface area contributed by atoms with Crippen molar-refractivity contribution in [2.75, 3.05) is 19.5 Å². The summed E-state index contributed by atoms with van der Waals surface area (Å²) in [6.07, 6.45) is 5.29. The predicted octanol–water partition coefficient (Wildman–Crippen LogP) is 4.64. The van der Waals surface area contributed by atoms with Crippen LogP contribution in [0.25, 0.3) is 0 Å². The minimum absolute atomic E-state index is 0.565. The summed E-state index contributed by atoms with van der Waals surface area (Å²) in [7, 11) is 3.37. The van der Waals surface area contributed by atoms with E-state index >= 15 is 0 Å². The Bertz CT molecular complexity index is 471. The lowest BCUT2D eigenvalue weighted by molar-refractivity contribution is 0.253. The number of hydrogen-bond acceptors (Lipinski definition) is 3. The Morgan fingerprint density at radius 1 is 1.05 bits per heavy atom. The number of rotatable bonds is 5. The molecule has 2 atom stereocenters. The van der Waals surface area contributed by atoms with E-state index in [1.807, 2.05) is 6.07 Å². The second kappa shape index (κ2) is 7.06. The van der Waals surface area contributed by atoms with Gasteiger partial charge in [0.15, 0.2) is 11.5 Å². The summed E-state index contributed by atoms with van der Waals surface area (Å²) in [6, 6.07) is 4.68. The van der Waals surface area contributed by atoms with E-state index in [4.69, 9.17) is 9.47 Å². The van der Waals surface area contributed by atoms with Crippen LogP contribution >= 0.6 is 0 Å². The van der Waals surface area contributed by atoms with Crippen LogP contribution in [0.1, 0.15) is 45.1 Å². The minimum Gasteiger partial charge on any atom is -0.493 e. The third kappa shape index (κ3) is 3.63. The molecule has 0 radical (unpaired) electrons. The summed E-state index contributed by atoms with van der Waals surface area (Å²) >= 11 is 0. The number of hydrogen-bond donors (Lipinski definition) is 1. The summed E-state index contributed by atoms with van der Waals surface area (Å²) in [5, 5.41) is 3.77. The van der Waals surface area contributed by atoms with E-state index in [2.05, 4.69) is 32.2 Å². The summed E-state index contributed by atoms with van der Waals surface area (Å²) < 4.78 is 10.8. The SMILES string of the molecule is COc1cc(C)c(NC2CCCCC2C(C)C)cc1OC. The Labute approximate surface area is 129 Å². The average molecular weight is 291 g/mol. The first-order valence-electron chi connectivity index (χ1n) is 8.06. The van der Waals surface area contributed by atoms with E-state index in [1.54, 1.807) is 14.2 Å². The average Bonchev–Trinajstić information content (AvgIpc) is 2.49. The fourth-order valence-electron chi connectivity index (χ4n) is 3.47. The summed E-state index contributed by atoms with van der Waals surface area (Å²) in [5.74, 6) is 3.07. The molecular formula is C18H29NO2. The second-order valence-electron chi connectivity index (χ2n) is 6.47. The van der Waals surface area contributed by atoms with Crippen LogP contribution < -0.4 is 14.8 Å². The molecule has 2 rings (SSSR count). The molecule has 3 nitrogen and oxygen atoms in total. The third-order valence-electron chi connectivity index (χ3n) is 4.75. The van der Waals surface area contributed by atoms with Gasteiger partial charge in [-0.25, -0.2) is 0 Å². The van der Waals surface area contributed by atoms with Gasteiger partial charge in [-0.2, -0.15) is 0 Å². The lowest BCUT2D eigenvalue weighted by Gasteiger charge is -2.36. The normalized spacial score (nSPS) is 22.2. The van der Waals surface area contributed by atoms with E-state index in [0.29, 0.717) is 6.04 Å².